The first-order valence-corrected chi connectivity index (χ1v) is 7.30. The van der Waals surface area contributed by atoms with Crippen LogP contribution < -0.4 is 0 Å². The third-order valence-corrected chi connectivity index (χ3v) is 3.34. The van der Waals surface area contributed by atoms with Crippen molar-refractivity contribution in [1.82, 2.24) is 0 Å². The van der Waals surface area contributed by atoms with Crippen molar-refractivity contribution in [1.29, 1.82) is 0 Å². The quantitative estimate of drug-likeness (QED) is 0.667. The van der Waals surface area contributed by atoms with E-state index in [-0.39, 0.29) is 0 Å². The van der Waals surface area contributed by atoms with Crippen LogP contribution in [0.2, 0.25) is 0 Å². The van der Waals surface area contributed by atoms with Crippen LogP contribution in [-0.2, 0) is 6.42 Å². The van der Waals surface area contributed by atoms with Crippen molar-refractivity contribution in [3.05, 3.63) is 34.9 Å². The van der Waals surface area contributed by atoms with E-state index in [0.29, 0.717) is 0 Å². The maximum Gasteiger partial charge on any atom is 0.0280 e. The minimum Gasteiger partial charge on any atom is -0.120 e. The van der Waals surface area contributed by atoms with Gasteiger partial charge in [0.2, 0.25) is 0 Å². The molecular weight excluding hydrogens is 228 g/mol. The molecule has 100 valence electrons. The molecule has 0 radical (unpaired) electrons. The van der Waals surface area contributed by atoms with Crippen molar-refractivity contribution in [3.8, 4) is 24.7 Å². The minimum atomic E-state index is 0.768. The lowest BCUT2D eigenvalue weighted by atomic mass is 9.94. The lowest BCUT2D eigenvalue weighted by molar-refractivity contribution is 0.786. The van der Waals surface area contributed by atoms with E-state index in [9.17, 15) is 0 Å². The topological polar surface area (TPSA) is 0 Å². The Morgan fingerprint density at radius 1 is 1.21 bits per heavy atom. The van der Waals surface area contributed by atoms with Crippen LogP contribution >= 0.6 is 0 Å². The first kappa shape index (κ1) is 15.4. The van der Waals surface area contributed by atoms with Gasteiger partial charge in [-0.3, -0.25) is 0 Å². The van der Waals surface area contributed by atoms with Crippen molar-refractivity contribution in [2.45, 2.75) is 58.3 Å². The van der Waals surface area contributed by atoms with E-state index in [4.69, 9.17) is 12.8 Å². The van der Waals surface area contributed by atoms with Gasteiger partial charge in [-0.15, -0.1) is 18.8 Å². The normalized spacial score (nSPS) is 12.8. The van der Waals surface area contributed by atoms with Gasteiger partial charge in [-0.1, -0.05) is 38.3 Å². The maximum atomic E-state index is 5.56. The van der Waals surface area contributed by atoms with E-state index in [1.807, 2.05) is 6.92 Å². The van der Waals surface area contributed by atoms with Crippen LogP contribution in [0.25, 0.3) is 0 Å². The van der Waals surface area contributed by atoms with Crippen LogP contribution in [0, 0.1) is 24.7 Å². The lowest BCUT2D eigenvalue weighted by Crippen LogP contribution is -1.96. The highest BCUT2D eigenvalue weighted by Gasteiger charge is 2.27. The standard InChI is InChI=1S/C15H18.C4H6/c1-3-5-7-13-9-6-8-12(4-2)15(13)14-10-11-14;1-3-4-2/h2,6,8-9,14H,3,5,7,10-11H2,1H3;1H,4H2,2H3. The van der Waals surface area contributed by atoms with Gasteiger partial charge in [0, 0.05) is 12.0 Å². The molecule has 2 rings (SSSR count). The summed E-state index contributed by atoms with van der Waals surface area (Å²) in [5.74, 6) is 6.03. The van der Waals surface area contributed by atoms with Crippen molar-refractivity contribution >= 4 is 0 Å². The molecule has 0 amide bonds. The summed E-state index contributed by atoms with van der Waals surface area (Å²) in [6, 6.07) is 6.44. The molecular formula is C19H24. The highest BCUT2D eigenvalue weighted by molar-refractivity contribution is 5.48. The molecule has 0 aliphatic heterocycles. The zero-order valence-electron chi connectivity index (χ0n) is 12.2. The maximum absolute atomic E-state index is 5.56. The van der Waals surface area contributed by atoms with E-state index < -0.39 is 0 Å². The number of hydrogen-bond acceptors (Lipinski definition) is 0. The fraction of sp³-hybridized carbons (Fsp3) is 0.474. The second kappa shape index (κ2) is 8.44. The van der Waals surface area contributed by atoms with Gasteiger partial charge in [0.1, 0.15) is 0 Å². The third kappa shape index (κ3) is 4.84. The lowest BCUT2D eigenvalue weighted by Gasteiger charge is -2.10. The summed E-state index contributed by atoms with van der Waals surface area (Å²) in [5, 5.41) is 0. The van der Waals surface area contributed by atoms with Crippen LogP contribution in [0.1, 0.15) is 68.6 Å². The number of rotatable bonds is 4. The Bertz CT molecular complexity index is 464. The molecule has 1 aliphatic carbocycles. The molecule has 0 aromatic heterocycles. The summed E-state index contributed by atoms with van der Waals surface area (Å²) in [5.41, 5.74) is 4.11. The summed E-state index contributed by atoms with van der Waals surface area (Å²) >= 11 is 0. The Kier molecular flexibility index (Phi) is 6.84. The molecule has 0 N–H and O–H groups in total. The molecule has 0 spiro atoms. The Morgan fingerprint density at radius 2 is 1.89 bits per heavy atom. The largest absolute Gasteiger partial charge is 0.120 e. The summed E-state index contributed by atoms with van der Waals surface area (Å²) in [7, 11) is 0. The molecule has 1 fully saturated rings. The number of terminal acetylenes is 2. The molecule has 0 unspecified atom stereocenters. The van der Waals surface area contributed by atoms with Gasteiger partial charge in [0.15, 0.2) is 0 Å². The summed E-state index contributed by atoms with van der Waals surface area (Å²) in [4.78, 5) is 0. The Morgan fingerprint density at radius 3 is 2.37 bits per heavy atom. The minimum absolute atomic E-state index is 0.768. The molecule has 1 saturated carbocycles. The molecule has 0 atom stereocenters. The van der Waals surface area contributed by atoms with Gasteiger partial charge in [-0.05, 0) is 48.8 Å². The van der Waals surface area contributed by atoms with E-state index >= 15 is 0 Å². The summed E-state index contributed by atoms with van der Waals surface area (Å²) < 4.78 is 0. The molecule has 1 aromatic carbocycles. The molecule has 1 aromatic rings. The fourth-order valence-electron chi connectivity index (χ4n) is 2.18. The molecule has 0 nitrogen and oxygen atoms in total. The van der Waals surface area contributed by atoms with Gasteiger partial charge in [-0.2, -0.15) is 0 Å². The number of aryl methyl sites for hydroxylation is 1. The molecule has 0 bridgehead atoms. The Balaban J connectivity index is 0.000000399. The third-order valence-electron chi connectivity index (χ3n) is 3.34. The molecule has 19 heavy (non-hydrogen) atoms. The predicted molar refractivity (Wildman–Crippen MR) is 84.1 cm³/mol. The van der Waals surface area contributed by atoms with Crippen LogP contribution in [0.4, 0.5) is 0 Å². The monoisotopic (exact) mass is 252 g/mol. The summed E-state index contributed by atoms with van der Waals surface area (Å²) in [6.07, 6.45) is 17.6. The van der Waals surface area contributed by atoms with Gasteiger partial charge in [-0.25, -0.2) is 0 Å². The van der Waals surface area contributed by atoms with Crippen LogP contribution in [-0.4, -0.2) is 0 Å². The van der Waals surface area contributed by atoms with Crippen LogP contribution in [0.3, 0.4) is 0 Å². The first-order chi connectivity index (χ1) is 9.28. The highest BCUT2D eigenvalue weighted by Crippen LogP contribution is 2.43. The molecule has 0 heterocycles. The number of hydrogen-bond donors (Lipinski definition) is 0. The van der Waals surface area contributed by atoms with E-state index in [0.717, 1.165) is 17.9 Å². The molecule has 0 saturated heterocycles. The highest BCUT2D eigenvalue weighted by atomic mass is 14.3. The number of unbranched alkanes of at least 4 members (excludes halogenated alkanes) is 1. The average molecular weight is 252 g/mol. The van der Waals surface area contributed by atoms with Gasteiger partial charge in [0.05, 0.1) is 0 Å². The summed E-state index contributed by atoms with van der Waals surface area (Å²) in [6.45, 7) is 4.18. The Labute approximate surface area is 118 Å². The second-order valence-electron chi connectivity index (χ2n) is 4.96. The fourth-order valence-corrected chi connectivity index (χ4v) is 2.18. The molecule has 0 heteroatoms. The average Bonchev–Trinajstić information content (AvgIpc) is 3.29. The zero-order chi connectivity index (χ0) is 14.1. The molecule has 1 aliphatic rings. The Hall–Kier alpha value is -1.66. The van der Waals surface area contributed by atoms with Crippen LogP contribution in [0.15, 0.2) is 18.2 Å². The predicted octanol–water partition coefficient (Wildman–Crippen LogP) is 4.92. The number of benzene rings is 1. The second-order valence-corrected chi connectivity index (χ2v) is 4.96. The SMILES string of the molecule is C#CCC.C#Cc1cccc(CCCC)c1C1CC1. The van der Waals surface area contributed by atoms with Gasteiger partial charge < -0.3 is 0 Å². The van der Waals surface area contributed by atoms with Gasteiger partial charge in [0.25, 0.3) is 0 Å². The van der Waals surface area contributed by atoms with Crippen molar-refractivity contribution in [3.63, 3.8) is 0 Å². The van der Waals surface area contributed by atoms with E-state index in [1.54, 1.807) is 0 Å². The van der Waals surface area contributed by atoms with Crippen LogP contribution in [0.5, 0.6) is 0 Å². The van der Waals surface area contributed by atoms with Crippen molar-refractivity contribution in [2.75, 3.05) is 0 Å². The van der Waals surface area contributed by atoms with E-state index in [2.05, 4.69) is 37.0 Å². The van der Waals surface area contributed by atoms with Gasteiger partial charge >= 0.3 is 0 Å². The zero-order valence-corrected chi connectivity index (χ0v) is 12.2. The first-order valence-electron chi connectivity index (χ1n) is 7.30. The smallest absolute Gasteiger partial charge is 0.0280 e. The van der Waals surface area contributed by atoms with Crippen molar-refractivity contribution in [2.24, 2.45) is 0 Å². The van der Waals surface area contributed by atoms with Crippen molar-refractivity contribution < 1.29 is 0 Å². The van der Waals surface area contributed by atoms with E-state index in [1.165, 1.54) is 43.2 Å².